The third kappa shape index (κ3) is 6.76. The number of rotatable bonds is 8. The Kier molecular flexibility index (Phi) is 8.38. The highest BCUT2D eigenvalue weighted by molar-refractivity contribution is 5.83. The average molecular weight is 485 g/mol. The van der Waals surface area contributed by atoms with Gasteiger partial charge in [-0.2, -0.15) is 5.10 Å². The zero-order chi connectivity index (χ0) is 25.0. The predicted octanol–water partition coefficient (Wildman–Crippen LogP) is 6.24. The van der Waals surface area contributed by atoms with E-state index in [0.717, 1.165) is 30.7 Å². The minimum absolute atomic E-state index is 0.000115. The maximum atomic E-state index is 11.8. The van der Waals surface area contributed by atoms with Gasteiger partial charge in [0.1, 0.15) is 0 Å². The van der Waals surface area contributed by atoms with Crippen molar-refractivity contribution in [2.75, 3.05) is 33.3 Å². The van der Waals surface area contributed by atoms with Crippen LogP contribution in [0.3, 0.4) is 0 Å². The summed E-state index contributed by atoms with van der Waals surface area (Å²) in [5.74, 6) is 0.648. The zero-order valence-electron chi connectivity index (χ0n) is 22.1. The first kappa shape index (κ1) is 26.0. The number of carbonyl (C=O) groups is 1. The lowest BCUT2D eigenvalue weighted by molar-refractivity contribution is -0.0370. The molecule has 2 aliphatic rings. The van der Waals surface area contributed by atoms with Crippen LogP contribution in [0.25, 0.3) is 10.9 Å². The van der Waals surface area contributed by atoms with Gasteiger partial charge in [0, 0.05) is 38.2 Å². The second-order valence-electron chi connectivity index (χ2n) is 11.8. The third-order valence-corrected chi connectivity index (χ3v) is 7.42. The summed E-state index contributed by atoms with van der Waals surface area (Å²) in [6, 6.07) is 6.94. The molecule has 1 unspecified atom stereocenters. The molecule has 1 aliphatic heterocycles. The van der Waals surface area contributed by atoms with Crippen LogP contribution in [0, 0.1) is 5.41 Å². The van der Waals surface area contributed by atoms with Crippen molar-refractivity contribution in [2.24, 2.45) is 5.41 Å². The Morgan fingerprint density at radius 1 is 1.11 bits per heavy atom. The van der Waals surface area contributed by atoms with Crippen LogP contribution in [0.2, 0.25) is 0 Å². The molecule has 2 fully saturated rings. The van der Waals surface area contributed by atoms with E-state index in [4.69, 9.17) is 9.84 Å². The van der Waals surface area contributed by atoms with E-state index in [-0.39, 0.29) is 11.6 Å². The van der Waals surface area contributed by atoms with Crippen molar-refractivity contribution in [2.45, 2.75) is 90.8 Å². The molecule has 35 heavy (non-hydrogen) atoms. The number of aromatic nitrogens is 2. The van der Waals surface area contributed by atoms with E-state index in [1.807, 2.05) is 0 Å². The van der Waals surface area contributed by atoms with Crippen LogP contribution in [-0.4, -0.2) is 64.1 Å². The van der Waals surface area contributed by atoms with E-state index < -0.39 is 6.09 Å². The van der Waals surface area contributed by atoms with E-state index in [9.17, 15) is 9.90 Å². The molecule has 1 aromatic carbocycles. The van der Waals surface area contributed by atoms with E-state index in [1.165, 1.54) is 54.4 Å². The largest absolute Gasteiger partial charge is 0.465 e. The third-order valence-electron chi connectivity index (χ3n) is 7.42. The van der Waals surface area contributed by atoms with Crippen molar-refractivity contribution >= 4 is 17.0 Å². The molecule has 194 valence electrons. The molecule has 2 heterocycles. The highest BCUT2D eigenvalue weighted by Crippen LogP contribution is 2.36. The molecular formula is C28H44N4O3. The van der Waals surface area contributed by atoms with Crippen LogP contribution in [0.4, 0.5) is 4.79 Å². The second kappa shape index (κ2) is 11.3. The SMILES string of the molecule is CN(CCN(CC(C)(C)C)C(=O)O)Cc1nn(C2CCCCO2)c2ccc(C3CCCCC3)cc12. The van der Waals surface area contributed by atoms with Gasteiger partial charge >= 0.3 is 6.09 Å². The summed E-state index contributed by atoms with van der Waals surface area (Å²) in [6.45, 7) is 9.37. The normalized spacial score (nSPS) is 20.0. The Morgan fingerprint density at radius 3 is 2.51 bits per heavy atom. The lowest BCUT2D eigenvalue weighted by Crippen LogP contribution is -2.41. The Labute approximate surface area is 210 Å². The van der Waals surface area contributed by atoms with E-state index in [2.05, 4.69) is 55.6 Å². The summed E-state index contributed by atoms with van der Waals surface area (Å²) in [5.41, 5.74) is 3.58. The molecule has 1 atom stereocenters. The standard InChI is InChI=1S/C28H44N4O3/c1-28(2,3)20-31(27(33)34)16-15-30(4)19-24-23-18-22(21-10-6-5-7-11-21)13-14-25(23)32(29-24)26-12-8-9-17-35-26/h13-14,18,21,26H,5-12,15-17,19-20H2,1-4H3,(H,33,34). The Bertz CT molecular complexity index is 984. The molecule has 1 amide bonds. The van der Waals surface area contributed by atoms with Gasteiger partial charge in [-0.25, -0.2) is 9.48 Å². The summed E-state index contributed by atoms with van der Waals surface area (Å²) in [4.78, 5) is 15.5. The Hall–Kier alpha value is -2.12. The molecule has 0 radical (unpaired) electrons. The van der Waals surface area contributed by atoms with Gasteiger partial charge in [0.15, 0.2) is 6.23 Å². The van der Waals surface area contributed by atoms with Gasteiger partial charge in [0.25, 0.3) is 0 Å². The molecule has 0 spiro atoms. The van der Waals surface area contributed by atoms with E-state index >= 15 is 0 Å². The monoisotopic (exact) mass is 484 g/mol. The van der Waals surface area contributed by atoms with Crippen molar-refractivity contribution in [1.82, 2.24) is 19.6 Å². The summed E-state index contributed by atoms with van der Waals surface area (Å²) >= 11 is 0. The number of amides is 1. The van der Waals surface area contributed by atoms with E-state index in [1.54, 1.807) is 0 Å². The average Bonchev–Trinajstić information content (AvgIpc) is 3.19. The van der Waals surface area contributed by atoms with Gasteiger partial charge in [-0.05, 0) is 68.2 Å². The number of hydrogen-bond donors (Lipinski definition) is 1. The first-order valence-electron chi connectivity index (χ1n) is 13.5. The lowest BCUT2D eigenvalue weighted by atomic mass is 9.84. The van der Waals surface area contributed by atoms with Crippen molar-refractivity contribution < 1.29 is 14.6 Å². The van der Waals surface area contributed by atoms with Crippen molar-refractivity contribution in [3.8, 4) is 0 Å². The number of nitrogens with zero attached hydrogens (tertiary/aromatic N) is 4. The van der Waals surface area contributed by atoms with Crippen LogP contribution in [-0.2, 0) is 11.3 Å². The van der Waals surface area contributed by atoms with Crippen LogP contribution in [0.15, 0.2) is 18.2 Å². The van der Waals surface area contributed by atoms with Crippen LogP contribution < -0.4 is 0 Å². The summed E-state index contributed by atoms with van der Waals surface area (Å²) in [5, 5.41) is 16.0. The molecule has 4 rings (SSSR count). The van der Waals surface area contributed by atoms with Crippen molar-refractivity contribution in [3.63, 3.8) is 0 Å². The lowest BCUT2D eigenvalue weighted by Gasteiger charge is -2.29. The molecule has 1 saturated heterocycles. The zero-order valence-corrected chi connectivity index (χ0v) is 22.1. The summed E-state index contributed by atoms with van der Waals surface area (Å²) < 4.78 is 8.21. The number of hydrogen-bond acceptors (Lipinski definition) is 4. The van der Waals surface area contributed by atoms with Gasteiger partial charge in [-0.15, -0.1) is 0 Å². The number of ether oxygens (including phenoxy) is 1. The highest BCUT2D eigenvalue weighted by atomic mass is 16.5. The highest BCUT2D eigenvalue weighted by Gasteiger charge is 2.24. The van der Waals surface area contributed by atoms with Crippen LogP contribution in [0.5, 0.6) is 0 Å². The molecule has 1 aliphatic carbocycles. The topological polar surface area (TPSA) is 70.8 Å². The molecule has 1 N–H and O–H groups in total. The molecular weight excluding hydrogens is 440 g/mol. The Morgan fingerprint density at radius 2 is 1.86 bits per heavy atom. The number of benzene rings is 1. The second-order valence-corrected chi connectivity index (χ2v) is 11.8. The maximum absolute atomic E-state index is 11.8. The number of likely N-dealkylation sites (N-methyl/N-ethyl adjacent to an activating group) is 1. The molecule has 1 saturated carbocycles. The number of carboxylic acid groups (broad SMARTS) is 1. The minimum atomic E-state index is -0.852. The number of fused-ring (bicyclic) bond motifs is 1. The maximum Gasteiger partial charge on any atom is 0.407 e. The fraction of sp³-hybridized carbons (Fsp3) is 0.714. The summed E-state index contributed by atoms with van der Waals surface area (Å²) in [6.07, 6.45) is 8.98. The molecule has 7 nitrogen and oxygen atoms in total. The first-order chi connectivity index (χ1) is 16.7. The van der Waals surface area contributed by atoms with Gasteiger partial charge in [-0.1, -0.05) is 46.1 Å². The quantitative estimate of drug-likeness (QED) is 0.480. The van der Waals surface area contributed by atoms with Crippen LogP contribution in [0.1, 0.15) is 95.5 Å². The van der Waals surface area contributed by atoms with Crippen molar-refractivity contribution in [1.29, 1.82) is 0 Å². The predicted molar refractivity (Wildman–Crippen MR) is 140 cm³/mol. The fourth-order valence-electron chi connectivity index (χ4n) is 5.61. The van der Waals surface area contributed by atoms with Crippen molar-refractivity contribution in [3.05, 3.63) is 29.5 Å². The van der Waals surface area contributed by atoms with Gasteiger partial charge in [0.05, 0.1) is 11.2 Å². The molecule has 2 aromatic rings. The molecule has 1 aromatic heterocycles. The fourth-order valence-corrected chi connectivity index (χ4v) is 5.61. The first-order valence-corrected chi connectivity index (χ1v) is 13.5. The summed E-state index contributed by atoms with van der Waals surface area (Å²) in [7, 11) is 2.06. The van der Waals surface area contributed by atoms with Gasteiger partial charge in [-0.3, -0.25) is 4.90 Å². The van der Waals surface area contributed by atoms with Gasteiger partial charge < -0.3 is 14.7 Å². The van der Waals surface area contributed by atoms with E-state index in [0.29, 0.717) is 32.1 Å². The van der Waals surface area contributed by atoms with Gasteiger partial charge in [0.2, 0.25) is 0 Å². The molecule has 7 heteroatoms. The molecule has 0 bridgehead atoms. The Balaban J connectivity index is 1.55. The smallest absolute Gasteiger partial charge is 0.407 e. The van der Waals surface area contributed by atoms with Crippen LogP contribution >= 0.6 is 0 Å². The minimum Gasteiger partial charge on any atom is -0.465 e.